The van der Waals surface area contributed by atoms with Crippen LogP contribution >= 0.6 is 0 Å². The van der Waals surface area contributed by atoms with Crippen LogP contribution in [0.5, 0.6) is 28.7 Å². The Hall–Kier alpha value is -3.71. The van der Waals surface area contributed by atoms with Crippen molar-refractivity contribution in [1.82, 2.24) is 0 Å². The third-order valence-corrected chi connectivity index (χ3v) is 7.49. The summed E-state index contributed by atoms with van der Waals surface area (Å²) in [6, 6.07) is 5.88. The van der Waals surface area contributed by atoms with E-state index in [1.54, 1.807) is 0 Å². The van der Waals surface area contributed by atoms with Gasteiger partial charge in [-0.1, -0.05) is 0 Å². The Morgan fingerprint density at radius 2 is 1.48 bits per heavy atom. The maximum Gasteiger partial charge on any atom is 0.239 e. The Labute approximate surface area is 248 Å². The summed E-state index contributed by atoms with van der Waals surface area (Å²) < 4.78 is 33.1. The molecule has 0 aliphatic carbocycles. The van der Waals surface area contributed by atoms with Gasteiger partial charge in [-0.15, -0.1) is 0 Å². The van der Waals surface area contributed by atoms with E-state index >= 15 is 0 Å². The summed E-state index contributed by atoms with van der Waals surface area (Å²) in [5.74, 6) is -2.33. The number of benzene rings is 2. The minimum absolute atomic E-state index is 0.0594. The van der Waals surface area contributed by atoms with Crippen LogP contribution in [-0.2, 0) is 14.2 Å². The summed E-state index contributed by atoms with van der Waals surface area (Å²) in [5, 5.41) is 92.3. The van der Waals surface area contributed by atoms with Crippen molar-refractivity contribution in [2.45, 2.75) is 68.3 Å². The molecule has 44 heavy (non-hydrogen) atoms. The van der Waals surface area contributed by atoms with Gasteiger partial charge in [0.2, 0.25) is 17.5 Å². The molecule has 16 heteroatoms. The van der Waals surface area contributed by atoms with Crippen molar-refractivity contribution in [2.75, 3.05) is 13.7 Å². The summed E-state index contributed by atoms with van der Waals surface area (Å²) in [5.41, 5.74) is -1.19. The lowest BCUT2D eigenvalue weighted by Crippen LogP contribution is -2.61. The lowest BCUT2D eigenvalue weighted by Gasteiger charge is -2.42. The molecule has 240 valence electrons. The van der Waals surface area contributed by atoms with Crippen LogP contribution in [0.2, 0.25) is 0 Å². The van der Waals surface area contributed by atoms with Crippen molar-refractivity contribution in [2.24, 2.45) is 0 Å². The highest BCUT2D eigenvalue weighted by Crippen LogP contribution is 2.39. The molecule has 0 saturated carbocycles. The van der Waals surface area contributed by atoms with Crippen molar-refractivity contribution in [3.05, 3.63) is 40.6 Å². The van der Waals surface area contributed by atoms with Gasteiger partial charge < -0.3 is 74.1 Å². The van der Waals surface area contributed by atoms with E-state index < -0.39 is 96.1 Å². The summed E-state index contributed by atoms with van der Waals surface area (Å²) in [7, 11) is 1.32. The number of aromatic hydroxyl groups is 3. The van der Waals surface area contributed by atoms with Crippen LogP contribution in [-0.4, -0.2) is 121 Å². The number of hydrogen-bond donors (Lipinski definition) is 9. The molecule has 10 atom stereocenters. The first-order valence-corrected chi connectivity index (χ1v) is 13.4. The van der Waals surface area contributed by atoms with Gasteiger partial charge in [0.05, 0.1) is 19.8 Å². The Balaban J connectivity index is 1.48. The fourth-order valence-corrected chi connectivity index (χ4v) is 5.01. The van der Waals surface area contributed by atoms with Crippen LogP contribution in [0.4, 0.5) is 0 Å². The number of methoxy groups -OCH3 is 1. The fourth-order valence-electron chi connectivity index (χ4n) is 5.01. The molecule has 3 aromatic rings. The number of fused-ring (bicyclic) bond motifs is 1. The largest absolute Gasteiger partial charge is 0.508 e. The van der Waals surface area contributed by atoms with E-state index in [-0.39, 0.29) is 28.4 Å². The van der Waals surface area contributed by atoms with E-state index in [1.165, 1.54) is 32.2 Å². The molecule has 2 fully saturated rings. The van der Waals surface area contributed by atoms with Gasteiger partial charge in [-0.2, -0.15) is 0 Å². The maximum atomic E-state index is 13.7. The van der Waals surface area contributed by atoms with Gasteiger partial charge in [0.15, 0.2) is 23.5 Å². The second-order valence-corrected chi connectivity index (χ2v) is 10.5. The standard InChI is InChI=1S/C28H32O16/c1-9-18(32)21(35)23(37)27(41-9)40-8-16-19(33)22(36)24(38)28(43-16)44-26-20(34)17-13(31)6-11(29)7-15(17)42-25(26)10-3-4-14(39-2)12(30)5-10/h3-7,9,16,18-19,21-24,27-33,35-38H,8H2,1-2H3/t9-,16-,18-,19-,21-,22-,23+,24-,27+,28-/m0/s1. The smallest absolute Gasteiger partial charge is 0.239 e. The number of aliphatic hydroxyl groups excluding tert-OH is 6. The third-order valence-electron chi connectivity index (χ3n) is 7.49. The summed E-state index contributed by atoms with van der Waals surface area (Å²) in [4.78, 5) is 13.7. The molecule has 1 aromatic heterocycles. The van der Waals surface area contributed by atoms with Gasteiger partial charge in [0.1, 0.15) is 65.2 Å². The normalized spacial score (nSPS) is 32.5. The zero-order valence-corrected chi connectivity index (χ0v) is 23.3. The summed E-state index contributed by atoms with van der Waals surface area (Å²) >= 11 is 0. The van der Waals surface area contributed by atoms with Crippen LogP contribution < -0.4 is 14.9 Å². The number of rotatable bonds is 7. The maximum absolute atomic E-state index is 13.7. The molecule has 16 nitrogen and oxygen atoms in total. The molecule has 0 spiro atoms. The van der Waals surface area contributed by atoms with Crippen molar-refractivity contribution < 1.29 is 74.1 Å². The highest BCUT2D eigenvalue weighted by molar-refractivity contribution is 5.88. The Morgan fingerprint density at radius 3 is 2.16 bits per heavy atom. The van der Waals surface area contributed by atoms with Crippen molar-refractivity contribution in [3.63, 3.8) is 0 Å². The van der Waals surface area contributed by atoms with E-state index in [9.17, 15) is 50.8 Å². The molecule has 2 aromatic carbocycles. The monoisotopic (exact) mass is 624 g/mol. The van der Waals surface area contributed by atoms with Crippen molar-refractivity contribution in [3.8, 4) is 40.1 Å². The van der Waals surface area contributed by atoms with Crippen LogP contribution in [0, 0.1) is 0 Å². The summed E-state index contributed by atoms with van der Waals surface area (Å²) in [6.07, 6.45) is -16.0. The Morgan fingerprint density at radius 1 is 0.795 bits per heavy atom. The predicted octanol–water partition coefficient (Wildman–Crippen LogP) is -1.38. The van der Waals surface area contributed by atoms with Crippen LogP contribution in [0.25, 0.3) is 22.3 Å². The Bertz CT molecular complexity index is 1560. The number of ether oxygens (including phenoxy) is 5. The molecule has 2 saturated heterocycles. The molecule has 9 N–H and O–H groups in total. The van der Waals surface area contributed by atoms with Gasteiger partial charge in [0, 0.05) is 17.7 Å². The summed E-state index contributed by atoms with van der Waals surface area (Å²) in [6.45, 7) is 0.841. The molecule has 2 aliphatic heterocycles. The average molecular weight is 625 g/mol. The van der Waals surface area contributed by atoms with Crippen LogP contribution in [0.15, 0.2) is 39.5 Å². The predicted molar refractivity (Wildman–Crippen MR) is 145 cm³/mol. The molecular weight excluding hydrogens is 592 g/mol. The zero-order chi connectivity index (χ0) is 32.0. The Kier molecular flexibility index (Phi) is 8.90. The first-order chi connectivity index (χ1) is 20.8. The second kappa shape index (κ2) is 12.4. The molecule has 0 unspecified atom stereocenters. The first kappa shape index (κ1) is 31.7. The topological polar surface area (TPSA) is 258 Å². The lowest BCUT2D eigenvalue weighted by atomic mass is 9.98. The van der Waals surface area contributed by atoms with E-state index in [0.717, 1.165) is 12.1 Å². The minimum Gasteiger partial charge on any atom is -0.508 e. The van der Waals surface area contributed by atoms with Crippen LogP contribution in [0.3, 0.4) is 0 Å². The van der Waals surface area contributed by atoms with Crippen molar-refractivity contribution in [1.29, 1.82) is 0 Å². The molecule has 0 amide bonds. The number of phenolic OH excluding ortho intramolecular Hbond substituents is 3. The number of aliphatic hydroxyl groups is 6. The molecule has 2 aliphatic rings. The highest BCUT2D eigenvalue weighted by Gasteiger charge is 2.47. The number of hydrogen-bond acceptors (Lipinski definition) is 16. The van der Waals surface area contributed by atoms with E-state index in [1.807, 2.05) is 0 Å². The molecule has 3 heterocycles. The molecular formula is C28H32O16. The van der Waals surface area contributed by atoms with Gasteiger partial charge >= 0.3 is 0 Å². The van der Waals surface area contributed by atoms with E-state index in [4.69, 9.17) is 28.1 Å². The zero-order valence-electron chi connectivity index (χ0n) is 23.3. The van der Waals surface area contributed by atoms with Gasteiger partial charge in [-0.05, 0) is 25.1 Å². The van der Waals surface area contributed by atoms with Gasteiger partial charge in [0.25, 0.3) is 0 Å². The molecule has 0 radical (unpaired) electrons. The first-order valence-electron chi connectivity index (χ1n) is 13.4. The third kappa shape index (κ3) is 5.74. The highest BCUT2D eigenvalue weighted by atomic mass is 16.7. The fraction of sp³-hybridized carbons (Fsp3) is 0.464. The second-order valence-electron chi connectivity index (χ2n) is 10.5. The molecule has 0 bridgehead atoms. The SMILES string of the molecule is COc1ccc(-c2oc3cc(O)cc(O)c3c(=O)c2O[C@@H]2O[C@@H](CO[C@@H]3O[C@@H](C)[C@H](O)[C@H](O)[C@H]3O)[C@H](O)[C@H](O)[C@@H]2O)cc1O. The van der Waals surface area contributed by atoms with Gasteiger partial charge in [-0.25, -0.2) is 0 Å². The molecule has 5 rings (SSSR count). The van der Waals surface area contributed by atoms with Crippen LogP contribution in [0.1, 0.15) is 6.92 Å². The quantitative estimate of drug-likeness (QED) is 0.147. The average Bonchev–Trinajstić information content (AvgIpc) is 2.98. The number of phenols is 3. The van der Waals surface area contributed by atoms with E-state index in [2.05, 4.69) is 0 Å². The van der Waals surface area contributed by atoms with E-state index in [0.29, 0.717) is 0 Å². The van der Waals surface area contributed by atoms with Gasteiger partial charge in [-0.3, -0.25) is 4.79 Å². The minimum atomic E-state index is -1.95. The van der Waals surface area contributed by atoms with Crippen molar-refractivity contribution >= 4 is 11.0 Å². The lowest BCUT2D eigenvalue weighted by molar-refractivity contribution is -0.318.